The van der Waals surface area contributed by atoms with Crippen molar-refractivity contribution in [2.45, 2.75) is 0 Å². The quantitative estimate of drug-likeness (QED) is 0.456. The van der Waals surface area contributed by atoms with Gasteiger partial charge in [-0.1, -0.05) is 0 Å². The summed E-state index contributed by atoms with van der Waals surface area (Å²) in [6, 6.07) is 0. The molecule has 0 aliphatic rings. The zero-order valence-electron chi connectivity index (χ0n) is 7.43. The van der Waals surface area contributed by atoms with E-state index in [2.05, 4.69) is 47.2 Å². The van der Waals surface area contributed by atoms with Crippen LogP contribution >= 0.6 is 7.92 Å². The van der Waals surface area contributed by atoms with Crippen molar-refractivity contribution < 1.29 is 38.7 Å². The Balaban J connectivity index is -0.0000000122. The largest absolute Gasteiger partial charge is 0.281 e. The van der Waals surface area contributed by atoms with Crippen LogP contribution in [0, 0.1) is 0 Å². The minimum Gasteiger partial charge on any atom is -0.281 e. The molecule has 0 fully saturated rings. The summed E-state index contributed by atoms with van der Waals surface area (Å²) in [5, 5.41) is 0. The molecule has 0 saturated heterocycles. The SMILES string of the molecule is CP(C)C.[C]=O.[C]=O.[C]=O.[C]=O.[Ru]. The average molecular weight is 289 g/mol. The van der Waals surface area contributed by atoms with Gasteiger partial charge in [0.05, 0.1) is 0 Å². The van der Waals surface area contributed by atoms with Crippen LogP contribution in [-0.2, 0) is 38.7 Å². The molecule has 0 bridgehead atoms. The maximum Gasteiger partial charge on any atom is 0.281 e. The van der Waals surface area contributed by atoms with Crippen LogP contribution < -0.4 is 0 Å². The van der Waals surface area contributed by atoms with Crippen LogP contribution in [-0.4, -0.2) is 47.2 Å². The number of rotatable bonds is 0. The van der Waals surface area contributed by atoms with Crippen molar-refractivity contribution in [3.8, 4) is 0 Å². The summed E-state index contributed by atoms with van der Waals surface area (Å²) in [7, 11) is 0.380. The summed E-state index contributed by atoms with van der Waals surface area (Å²) in [4.78, 5) is 30.0. The van der Waals surface area contributed by atoms with Gasteiger partial charge in [-0.3, -0.25) is 19.2 Å². The predicted molar refractivity (Wildman–Crippen MR) is 47.5 cm³/mol. The Kier molecular flexibility index (Phi) is 538. The summed E-state index contributed by atoms with van der Waals surface area (Å²) in [5.74, 6) is 0. The summed E-state index contributed by atoms with van der Waals surface area (Å²) in [5.41, 5.74) is 0. The molecule has 0 heterocycles. The molecule has 0 amide bonds. The van der Waals surface area contributed by atoms with Crippen molar-refractivity contribution in [2.24, 2.45) is 0 Å². The molecule has 4 nitrogen and oxygen atoms in total. The number of hydrogen-bond acceptors (Lipinski definition) is 4. The van der Waals surface area contributed by atoms with Crippen LogP contribution in [0.1, 0.15) is 0 Å². The molecule has 13 heavy (non-hydrogen) atoms. The summed E-state index contributed by atoms with van der Waals surface area (Å²) < 4.78 is 0. The molecule has 0 aromatic rings. The van der Waals surface area contributed by atoms with Gasteiger partial charge in [0.1, 0.15) is 0 Å². The minimum atomic E-state index is 0. The van der Waals surface area contributed by atoms with Crippen LogP contribution in [0.25, 0.3) is 0 Å². The maximum absolute atomic E-state index is 7.50. The van der Waals surface area contributed by atoms with E-state index in [1.807, 2.05) is 0 Å². The molecule has 8 radical (unpaired) electrons. The Labute approximate surface area is 94.0 Å². The van der Waals surface area contributed by atoms with Crippen LogP contribution in [0.5, 0.6) is 0 Å². The van der Waals surface area contributed by atoms with Crippen molar-refractivity contribution in [3.63, 3.8) is 0 Å². The second-order valence-electron chi connectivity index (χ2n) is 1.34. The Morgan fingerprint density at radius 2 is 0.615 bits per heavy atom. The van der Waals surface area contributed by atoms with Gasteiger partial charge >= 0.3 is 0 Å². The van der Waals surface area contributed by atoms with Gasteiger partial charge in [-0.15, -0.1) is 7.92 Å². The molecule has 0 spiro atoms. The molecule has 0 saturated carbocycles. The second kappa shape index (κ2) is 181. The first-order chi connectivity index (χ1) is 5.73. The van der Waals surface area contributed by atoms with E-state index in [1.54, 1.807) is 0 Å². The van der Waals surface area contributed by atoms with E-state index in [-0.39, 0.29) is 19.5 Å². The van der Waals surface area contributed by atoms with Crippen molar-refractivity contribution in [3.05, 3.63) is 0 Å². The molecule has 0 N–H and O–H groups in total. The zero-order valence-corrected chi connectivity index (χ0v) is 10.1. The maximum atomic E-state index is 7.50. The molecule has 74 valence electrons. The molecule has 0 unspecified atom stereocenters. The topological polar surface area (TPSA) is 68.3 Å². The van der Waals surface area contributed by atoms with Crippen LogP contribution in [0.15, 0.2) is 0 Å². The molecule has 0 aromatic heterocycles. The van der Waals surface area contributed by atoms with E-state index in [9.17, 15) is 0 Å². The fraction of sp³-hybridized carbons (Fsp3) is 0.429. The predicted octanol–water partition coefficient (Wildman–Crippen LogP) is -0.233. The van der Waals surface area contributed by atoms with Crippen LogP contribution in [0.4, 0.5) is 0 Å². The molecule has 0 aliphatic carbocycles. The smallest absolute Gasteiger partial charge is 0.281 e. The molecule has 0 aliphatic heterocycles. The van der Waals surface area contributed by atoms with Gasteiger partial charge in [0.2, 0.25) is 0 Å². The molecular formula is C7H9O4PRu. The first kappa shape index (κ1) is 38.7. The zero-order chi connectivity index (χ0) is 11.6. The first-order valence-corrected chi connectivity index (χ1v) is 4.84. The van der Waals surface area contributed by atoms with Gasteiger partial charge in [0.15, 0.2) is 0 Å². The third kappa shape index (κ3) is 15600. The molecular weight excluding hydrogens is 280 g/mol. The van der Waals surface area contributed by atoms with E-state index in [0.717, 1.165) is 0 Å². The minimum absolute atomic E-state index is 0. The summed E-state index contributed by atoms with van der Waals surface area (Å²) in [6.45, 7) is 24.7. The fourth-order valence-electron chi connectivity index (χ4n) is 0. The number of carbonyl (C=O) groups excluding carboxylic acids is 4. The van der Waals surface area contributed by atoms with Crippen molar-refractivity contribution in [1.29, 1.82) is 0 Å². The Bertz CT molecular complexity index is 47.0. The van der Waals surface area contributed by atoms with Gasteiger partial charge in [0, 0.05) is 19.5 Å². The Morgan fingerprint density at radius 3 is 0.615 bits per heavy atom. The summed E-state index contributed by atoms with van der Waals surface area (Å²) >= 11 is 0. The Hall–Kier alpha value is -0.267. The Morgan fingerprint density at radius 1 is 0.615 bits per heavy atom. The van der Waals surface area contributed by atoms with Gasteiger partial charge in [0.25, 0.3) is 27.2 Å². The van der Waals surface area contributed by atoms with Gasteiger partial charge < -0.3 is 0 Å². The fourth-order valence-corrected chi connectivity index (χ4v) is 0. The van der Waals surface area contributed by atoms with E-state index >= 15 is 0 Å². The molecule has 0 rings (SSSR count). The molecule has 0 atom stereocenters. The van der Waals surface area contributed by atoms with E-state index in [1.165, 1.54) is 0 Å². The van der Waals surface area contributed by atoms with Crippen molar-refractivity contribution >= 4 is 35.1 Å². The van der Waals surface area contributed by atoms with E-state index < -0.39 is 0 Å². The van der Waals surface area contributed by atoms with E-state index in [4.69, 9.17) is 19.2 Å². The summed E-state index contributed by atoms with van der Waals surface area (Å²) in [6.07, 6.45) is 0. The van der Waals surface area contributed by atoms with Crippen molar-refractivity contribution in [1.82, 2.24) is 0 Å². The monoisotopic (exact) mass is 290 g/mol. The first-order valence-electron chi connectivity index (χ1n) is 2.16. The van der Waals surface area contributed by atoms with E-state index in [0.29, 0.717) is 7.92 Å². The normalized spacial score (nSPS) is 4.00. The standard InChI is InChI=1S/C3H9P.4CO.Ru/c1-4(2)3;4*1-2;/h1-3H3;;;;;. The van der Waals surface area contributed by atoms with Crippen LogP contribution in [0.3, 0.4) is 0 Å². The van der Waals surface area contributed by atoms with Gasteiger partial charge in [-0.25, -0.2) is 0 Å². The van der Waals surface area contributed by atoms with Gasteiger partial charge in [-0.2, -0.15) is 0 Å². The molecule has 6 heteroatoms. The second-order valence-corrected chi connectivity index (χ2v) is 4.02. The van der Waals surface area contributed by atoms with Gasteiger partial charge in [-0.05, 0) is 20.0 Å². The third-order valence-corrected chi connectivity index (χ3v) is 0. The molecule has 0 aromatic carbocycles. The van der Waals surface area contributed by atoms with Crippen LogP contribution in [0.2, 0.25) is 0 Å². The third-order valence-electron chi connectivity index (χ3n) is 0. The van der Waals surface area contributed by atoms with Crippen molar-refractivity contribution in [2.75, 3.05) is 20.0 Å². The number of hydrogen-bond donors (Lipinski definition) is 0. The average Bonchev–Trinajstić information content (AvgIpc) is 2.16.